The van der Waals surface area contributed by atoms with Gasteiger partial charge < -0.3 is 4.42 Å². The lowest BCUT2D eigenvalue weighted by molar-refractivity contribution is 0.669. The first-order chi connectivity index (χ1) is 27.6. The third kappa shape index (κ3) is 5.09. The van der Waals surface area contributed by atoms with E-state index in [0.717, 1.165) is 44.0 Å². The second-order valence-electron chi connectivity index (χ2n) is 14.4. The van der Waals surface area contributed by atoms with E-state index in [1.807, 2.05) is 60.7 Å². The minimum absolute atomic E-state index is 0.151. The first-order valence-electron chi connectivity index (χ1n) is 18.8. The Morgan fingerprint density at radius 2 is 1.25 bits per heavy atom. The fraction of sp³-hybridized carbons (Fsp3) is 0.0392. The number of thiophene rings is 1. The van der Waals surface area contributed by atoms with Crippen LogP contribution >= 0.6 is 11.3 Å². The van der Waals surface area contributed by atoms with Crippen molar-refractivity contribution in [2.75, 3.05) is 0 Å². The average molecular weight is 736 g/mol. The summed E-state index contributed by atoms with van der Waals surface area (Å²) in [7, 11) is 0. The molecule has 56 heavy (non-hydrogen) atoms. The predicted octanol–water partition coefficient (Wildman–Crippen LogP) is 14.1. The molecule has 5 heteroatoms. The molecule has 3 aromatic heterocycles. The average Bonchev–Trinajstić information content (AvgIpc) is 3.83. The van der Waals surface area contributed by atoms with Crippen LogP contribution in [0, 0.1) is 5.92 Å². The van der Waals surface area contributed by atoms with Gasteiger partial charge in [-0.1, -0.05) is 121 Å². The quantitative estimate of drug-likeness (QED) is 0.160. The molecule has 0 aliphatic heterocycles. The maximum atomic E-state index is 6.29. The Hall–Kier alpha value is -6.95. The van der Waals surface area contributed by atoms with Crippen LogP contribution in [0.4, 0.5) is 0 Å². The maximum Gasteiger partial charge on any atom is 0.164 e. The molecule has 3 heterocycles. The Bertz CT molecular complexity index is 3260. The van der Waals surface area contributed by atoms with E-state index in [9.17, 15) is 0 Å². The molecule has 0 N–H and O–H groups in total. The van der Waals surface area contributed by atoms with Gasteiger partial charge in [0.1, 0.15) is 11.2 Å². The highest BCUT2D eigenvalue weighted by atomic mass is 32.1. The summed E-state index contributed by atoms with van der Waals surface area (Å²) in [6.45, 7) is 8.38. The number of para-hydroxylation sites is 1. The monoisotopic (exact) mass is 735 g/mol. The van der Waals surface area contributed by atoms with E-state index in [1.54, 1.807) is 11.3 Å². The SMILES string of the molecule is C=CC1C=Cc2c(cc(-c3ccc4sc5cccc(-c6nc(-c7ccccc7)nc(-c7ccc8c(c7)oc7ccccc78)n6)c5c4c3)c3ccccc23)C1C=C. The Morgan fingerprint density at radius 3 is 2.09 bits per heavy atom. The summed E-state index contributed by atoms with van der Waals surface area (Å²) in [6.07, 6.45) is 8.61. The largest absolute Gasteiger partial charge is 0.456 e. The number of furan rings is 1. The fourth-order valence-corrected chi connectivity index (χ4v) is 9.66. The second-order valence-corrected chi connectivity index (χ2v) is 15.5. The molecule has 0 bridgehead atoms. The highest BCUT2D eigenvalue weighted by Crippen LogP contribution is 2.46. The molecule has 10 aromatic rings. The van der Waals surface area contributed by atoms with Crippen LogP contribution < -0.4 is 0 Å². The molecule has 1 aliphatic carbocycles. The smallest absolute Gasteiger partial charge is 0.164 e. The molecule has 264 valence electrons. The predicted molar refractivity (Wildman–Crippen MR) is 235 cm³/mol. The summed E-state index contributed by atoms with van der Waals surface area (Å²) in [4.78, 5) is 15.4. The molecule has 7 aromatic carbocycles. The van der Waals surface area contributed by atoms with Gasteiger partial charge in [0.25, 0.3) is 0 Å². The van der Waals surface area contributed by atoms with Crippen LogP contribution in [0.15, 0.2) is 175 Å². The zero-order valence-corrected chi connectivity index (χ0v) is 31.1. The first kappa shape index (κ1) is 32.5. The second kappa shape index (κ2) is 12.8. The number of rotatable bonds is 6. The van der Waals surface area contributed by atoms with Crippen molar-refractivity contribution in [1.82, 2.24) is 15.0 Å². The van der Waals surface area contributed by atoms with E-state index >= 15 is 0 Å². The van der Waals surface area contributed by atoms with Crippen LogP contribution in [-0.4, -0.2) is 15.0 Å². The van der Waals surface area contributed by atoms with Gasteiger partial charge in [-0.3, -0.25) is 0 Å². The summed E-state index contributed by atoms with van der Waals surface area (Å²) >= 11 is 1.80. The van der Waals surface area contributed by atoms with Gasteiger partial charge in [-0.2, -0.15) is 0 Å². The zero-order valence-electron chi connectivity index (χ0n) is 30.3. The van der Waals surface area contributed by atoms with Gasteiger partial charge in [0.05, 0.1) is 0 Å². The summed E-state index contributed by atoms with van der Waals surface area (Å²) in [5, 5.41) is 6.94. The summed E-state index contributed by atoms with van der Waals surface area (Å²) in [5.74, 6) is 2.20. The molecule has 0 fully saturated rings. The van der Waals surface area contributed by atoms with E-state index in [1.165, 1.54) is 47.8 Å². The van der Waals surface area contributed by atoms with E-state index < -0.39 is 0 Å². The molecule has 4 nitrogen and oxygen atoms in total. The normalized spacial score (nSPS) is 15.2. The Balaban J connectivity index is 1.12. The van der Waals surface area contributed by atoms with Gasteiger partial charge in [-0.25, -0.2) is 15.0 Å². The van der Waals surface area contributed by atoms with Gasteiger partial charge in [0.15, 0.2) is 17.5 Å². The highest BCUT2D eigenvalue weighted by molar-refractivity contribution is 7.26. The van der Waals surface area contributed by atoms with Crippen LogP contribution in [0.3, 0.4) is 0 Å². The Morgan fingerprint density at radius 1 is 0.518 bits per heavy atom. The van der Waals surface area contributed by atoms with Crippen LogP contribution in [0.1, 0.15) is 17.0 Å². The number of aromatic nitrogens is 3. The molecule has 0 spiro atoms. The fourth-order valence-electron chi connectivity index (χ4n) is 8.55. The van der Waals surface area contributed by atoms with Gasteiger partial charge >= 0.3 is 0 Å². The minimum atomic E-state index is 0.151. The topological polar surface area (TPSA) is 51.8 Å². The van der Waals surface area contributed by atoms with Gasteiger partial charge in [0.2, 0.25) is 0 Å². The molecule has 2 atom stereocenters. The van der Waals surface area contributed by atoms with Gasteiger partial charge in [0, 0.05) is 59.5 Å². The molecule has 0 saturated carbocycles. The molecular weight excluding hydrogens is 703 g/mol. The van der Waals surface area contributed by atoms with Crippen LogP contribution in [0.5, 0.6) is 0 Å². The lowest BCUT2D eigenvalue weighted by Crippen LogP contribution is -2.12. The number of hydrogen-bond donors (Lipinski definition) is 0. The summed E-state index contributed by atoms with van der Waals surface area (Å²) < 4.78 is 8.68. The minimum Gasteiger partial charge on any atom is -0.456 e. The summed E-state index contributed by atoms with van der Waals surface area (Å²) in [5.41, 5.74) is 9.34. The van der Waals surface area contributed by atoms with Crippen molar-refractivity contribution in [3.05, 3.63) is 182 Å². The van der Waals surface area contributed by atoms with Gasteiger partial charge in [-0.15, -0.1) is 24.5 Å². The molecule has 0 radical (unpaired) electrons. The molecular formula is C51H33N3OS. The number of allylic oxidation sites excluding steroid dienone is 3. The van der Waals surface area contributed by atoms with Crippen molar-refractivity contribution in [2.45, 2.75) is 5.92 Å². The molecule has 2 unspecified atom stereocenters. The molecule has 0 amide bonds. The highest BCUT2D eigenvalue weighted by Gasteiger charge is 2.25. The van der Waals surface area contributed by atoms with Crippen molar-refractivity contribution in [2.24, 2.45) is 5.92 Å². The Labute approximate surface area is 327 Å². The van der Waals surface area contributed by atoms with Crippen molar-refractivity contribution < 1.29 is 4.42 Å². The lowest BCUT2D eigenvalue weighted by atomic mass is 9.76. The molecule has 1 aliphatic rings. The third-order valence-electron chi connectivity index (χ3n) is 11.3. The van der Waals surface area contributed by atoms with E-state index in [4.69, 9.17) is 19.4 Å². The first-order valence-corrected chi connectivity index (χ1v) is 19.6. The number of fused-ring (bicyclic) bond motifs is 9. The van der Waals surface area contributed by atoms with Crippen molar-refractivity contribution in [3.8, 4) is 45.3 Å². The van der Waals surface area contributed by atoms with E-state index in [2.05, 4.69) is 116 Å². The number of benzene rings is 7. The number of hydrogen-bond acceptors (Lipinski definition) is 5. The van der Waals surface area contributed by atoms with Gasteiger partial charge in [-0.05, 0) is 75.5 Å². The van der Waals surface area contributed by atoms with E-state index in [-0.39, 0.29) is 11.8 Å². The lowest BCUT2D eigenvalue weighted by Gasteiger charge is -2.27. The van der Waals surface area contributed by atoms with Crippen molar-refractivity contribution >= 4 is 70.3 Å². The maximum absolute atomic E-state index is 6.29. The Kier molecular flexibility index (Phi) is 7.44. The van der Waals surface area contributed by atoms with E-state index in [0.29, 0.717) is 17.5 Å². The standard InChI is InChI=1S/C51H33N3OS/c1-3-30-21-24-37-35-15-8-9-16-36(35)41(29-42(37)34(30)4-2)32-23-26-46-43(27-32)48-40(18-12-20-47(48)56-46)51-53-49(31-13-6-5-7-14-31)52-50(54-51)33-22-25-39-38-17-10-11-19-44(38)55-45(39)28-33/h3-30,34H,1-2H2. The van der Waals surface area contributed by atoms with Crippen molar-refractivity contribution in [1.29, 1.82) is 0 Å². The van der Waals surface area contributed by atoms with Crippen LogP contribution in [-0.2, 0) is 0 Å². The molecule has 11 rings (SSSR count). The molecule has 0 saturated heterocycles. The zero-order chi connectivity index (χ0) is 37.3. The summed E-state index contributed by atoms with van der Waals surface area (Å²) in [6, 6.07) is 48.9. The van der Waals surface area contributed by atoms with Crippen LogP contribution in [0.25, 0.3) is 104 Å². The third-order valence-corrected chi connectivity index (χ3v) is 12.4. The van der Waals surface area contributed by atoms with Crippen LogP contribution in [0.2, 0.25) is 0 Å². The van der Waals surface area contributed by atoms with Crippen molar-refractivity contribution in [3.63, 3.8) is 0 Å². The number of nitrogens with zero attached hydrogens (tertiary/aromatic N) is 3.